The van der Waals surface area contributed by atoms with Crippen LogP contribution >= 0.6 is 11.8 Å². The second kappa shape index (κ2) is 10.3. The number of anilines is 2. The van der Waals surface area contributed by atoms with Crippen molar-refractivity contribution < 1.29 is 9.59 Å². The van der Waals surface area contributed by atoms with E-state index in [9.17, 15) is 9.59 Å². The minimum Gasteiger partial charge on any atom is -0.326 e. The molecule has 0 aromatic heterocycles. The van der Waals surface area contributed by atoms with Gasteiger partial charge >= 0.3 is 0 Å². The Hall–Kier alpha value is -2.31. The fourth-order valence-electron chi connectivity index (χ4n) is 4.18. The highest BCUT2D eigenvalue weighted by atomic mass is 32.2. The zero-order valence-corrected chi connectivity index (χ0v) is 19.0. The van der Waals surface area contributed by atoms with Crippen molar-refractivity contribution in [1.29, 1.82) is 0 Å². The number of thioether (sulfide) groups is 1. The van der Waals surface area contributed by atoms with Crippen LogP contribution in [0, 0.1) is 5.92 Å². The number of amides is 2. The van der Waals surface area contributed by atoms with Crippen molar-refractivity contribution in [2.75, 3.05) is 35.6 Å². The predicted octanol–water partition coefficient (Wildman–Crippen LogP) is 4.78. The molecule has 2 aromatic carbocycles. The van der Waals surface area contributed by atoms with E-state index in [1.165, 1.54) is 18.4 Å². The third-order valence-corrected chi connectivity index (χ3v) is 7.16. The van der Waals surface area contributed by atoms with Gasteiger partial charge in [-0.2, -0.15) is 0 Å². The fourth-order valence-corrected chi connectivity index (χ4v) is 5.17. The summed E-state index contributed by atoms with van der Waals surface area (Å²) in [5.74, 6) is 1.61. The molecule has 0 unspecified atom stereocenters. The number of carbonyl (C=O) groups excluding carboxylic acids is 2. The van der Waals surface area contributed by atoms with Gasteiger partial charge in [-0.3, -0.25) is 14.5 Å². The molecular formula is C25H31N3O2S. The maximum Gasteiger partial charge on any atom is 0.227 e. The number of fused-ring (bicyclic) bond motifs is 1. The fraction of sp³-hybridized carbons (Fsp3) is 0.440. The van der Waals surface area contributed by atoms with Crippen molar-refractivity contribution >= 4 is 35.0 Å². The maximum atomic E-state index is 12.7. The predicted molar refractivity (Wildman–Crippen MR) is 127 cm³/mol. The molecule has 2 aliphatic rings. The van der Waals surface area contributed by atoms with E-state index in [1.54, 1.807) is 11.8 Å². The SMILES string of the molecule is CC1CCN(Cc2ccc(NC(=O)CCC(=O)N3CCSc4ccccc43)cc2)CC1. The Morgan fingerprint density at radius 1 is 1.00 bits per heavy atom. The number of carbonyl (C=O) groups is 2. The second-order valence-electron chi connectivity index (χ2n) is 8.57. The molecular weight excluding hydrogens is 406 g/mol. The van der Waals surface area contributed by atoms with E-state index in [2.05, 4.69) is 29.3 Å². The molecule has 1 saturated heterocycles. The van der Waals surface area contributed by atoms with E-state index in [0.717, 1.165) is 47.6 Å². The van der Waals surface area contributed by atoms with Gasteiger partial charge in [-0.1, -0.05) is 31.2 Å². The Kier molecular flexibility index (Phi) is 7.30. The van der Waals surface area contributed by atoms with E-state index >= 15 is 0 Å². The van der Waals surface area contributed by atoms with E-state index in [4.69, 9.17) is 0 Å². The highest BCUT2D eigenvalue weighted by molar-refractivity contribution is 7.99. The van der Waals surface area contributed by atoms with Crippen LogP contribution in [0.15, 0.2) is 53.4 Å². The lowest BCUT2D eigenvalue weighted by atomic mass is 9.99. The number of piperidine rings is 1. The Labute approximate surface area is 189 Å². The molecule has 31 heavy (non-hydrogen) atoms. The number of nitrogens with zero attached hydrogens (tertiary/aromatic N) is 2. The topological polar surface area (TPSA) is 52.7 Å². The highest BCUT2D eigenvalue weighted by Gasteiger charge is 2.23. The van der Waals surface area contributed by atoms with Gasteiger partial charge in [0.05, 0.1) is 5.69 Å². The van der Waals surface area contributed by atoms with E-state index < -0.39 is 0 Å². The van der Waals surface area contributed by atoms with Crippen LogP contribution in [0.4, 0.5) is 11.4 Å². The van der Waals surface area contributed by atoms with Crippen molar-refractivity contribution in [1.82, 2.24) is 4.90 Å². The van der Waals surface area contributed by atoms with Gasteiger partial charge in [-0.25, -0.2) is 0 Å². The average Bonchev–Trinajstić information content (AvgIpc) is 2.80. The molecule has 4 rings (SSSR count). The van der Waals surface area contributed by atoms with E-state index in [1.807, 2.05) is 41.3 Å². The zero-order chi connectivity index (χ0) is 21.6. The standard InChI is InChI=1S/C25H31N3O2S/c1-19-12-14-27(15-13-19)18-20-6-8-21(9-7-20)26-24(29)10-11-25(30)28-16-17-31-23-5-3-2-4-22(23)28/h2-9,19H,10-18H2,1H3,(H,26,29). The van der Waals surface area contributed by atoms with Crippen molar-refractivity contribution in [3.8, 4) is 0 Å². The van der Waals surface area contributed by atoms with Crippen molar-refractivity contribution in [3.63, 3.8) is 0 Å². The number of nitrogens with one attached hydrogen (secondary N) is 1. The maximum absolute atomic E-state index is 12.7. The van der Waals surface area contributed by atoms with Gasteiger partial charge in [-0.15, -0.1) is 11.8 Å². The molecule has 2 heterocycles. The molecule has 0 spiro atoms. The number of para-hydroxylation sites is 1. The summed E-state index contributed by atoms with van der Waals surface area (Å²) in [5, 5.41) is 2.93. The lowest BCUT2D eigenvalue weighted by Gasteiger charge is -2.30. The summed E-state index contributed by atoms with van der Waals surface area (Å²) >= 11 is 1.77. The van der Waals surface area contributed by atoms with E-state index in [0.29, 0.717) is 6.54 Å². The minimum absolute atomic E-state index is 0.00842. The number of benzene rings is 2. The third-order valence-electron chi connectivity index (χ3n) is 6.12. The molecule has 2 aromatic rings. The van der Waals surface area contributed by atoms with Crippen LogP contribution in [0.3, 0.4) is 0 Å². The molecule has 0 aliphatic carbocycles. The Bertz CT molecular complexity index is 907. The quantitative estimate of drug-likeness (QED) is 0.707. The monoisotopic (exact) mass is 437 g/mol. The molecule has 0 radical (unpaired) electrons. The number of rotatable bonds is 6. The van der Waals surface area contributed by atoms with Crippen LogP contribution in [0.25, 0.3) is 0 Å². The first-order chi connectivity index (χ1) is 15.1. The summed E-state index contributed by atoms with van der Waals surface area (Å²) < 4.78 is 0. The van der Waals surface area contributed by atoms with Crippen molar-refractivity contribution in [2.45, 2.75) is 44.0 Å². The third kappa shape index (κ3) is 5.89. The van der Waals surface area contributed by atoms with Gasteiger partial charge < -0.3 is 10.2 Å². The first-order valence-electron chi connectivity index (χ1n) is 11.2. The van der Waals surface area contributed by atoms with Gasteiger partial charge in [0.25, 0.3) is 0 Å². The minimum atomic E-state index is -0.120. The van der Waals surface area contributed by atoms with Crippen LogP contribution in [0.5, 0.6) is 0 Å². The molecule has 1 N–H and O–H groups in total. The Morgan fingerprint density at radius 2 is 1.74 bits per heavy atom. The normalized spacial score (nSPS) is 17.3. The Balaban J connectivity index is 1.24. The molecule has 5 nitrogen and oxygen atoms in total. The molecule has 164 valence electrons. The first-order valence-corrected chi connectivity index (χ1v) is 12.2. The smallest absolute Gasteiger partial charge is 0.227 e. The van der Waals surface area contributed by atoms with Gasteiger partial charge in [-0.05, 0) is 61.7 Å². The molecule has 1 fully saturated rings. The summed E-state index contributed by atoms with van der Waals surface area (Å²) in [4.78, 5) is 30.5. The summed E-state index contributed by atoms with van der Waals surface area (Å²) in [5.41, 5.74) is 3.01. The molecule has 0 saturated carbocycles. The van der Waals surface area contributed by atoms with Crippen LogP contribution in [0.1, 0.15) is 38.2 Å². The lowest BCUT2D eigenvalue weighted by Crippen LogP contribution is -2.35. The van der Waals surface area contributed by atoms with E-state index in [-0.39, 0.29) is 24.7 Å². The summed E-state index contributed by atoms with van der Waals surface area (Å²) in [6.45, 7) is 6.30. The first kappa shape index (κ1) is 21.9. The van der Waals surface area contributed by atoms with Gasteiger partial charge in [0.15, 0.2) is 0 Å². The molecule has 2 aliphatic heterocycles. The van der Waals surface area contributed by atoms with Crippen molar-refractivity contribution in [3.05, 3.63) is 54.1 Å². The summed E-state index contributed by atoms with van der Waals surface area (Å²) in [7, 11) is 0. The van der Waals surface area contributed by atoms with Crippen molar-refractivity contribution in [2.24, 2.45) is 5.92 Å². The van der Waals surface area contributed by atoms with Gasteiger partial charge in [0.1, 0.15) is 0 Å². The average molecular weight is 438 g/mol. The number of hydrogen-bond acceptors (Lipinski definition) is 4. The number of likely N-dealkylation sites (tertiary alicyclic amines) is 1. The summed E-state index contributed by atoms with van der Waals surface area (Å²) in [6, 6.07) is 16.0. The second-order valence-corrected chi connectivity index (χ2v) is 9.70. The molecule has 0 atom stereocenters. The van der Waals surface area contributed by atoms with Crippen LogP contribution in [-0.4, -0.2) is 42.1 Å². The molecule has 2 amide bonds. The summed E-state index contributed by atoms with van der Waals surface area (Å²) in [6.07, 6.45) is 2.96. The lowest BCUT2D eigenvalue weighted by molar-refractivity contribution is -0.122. The van der Waals surface area contributed by atoms with Crippen LogP contribution < -0.4 is 10.2 Å². The Morgan fingerprint density at radius 3 is 2.52 bits per heavy atom. The highest BCUT2D eigenvalue weighted by Crippen LogP contribution is 2.34. The molecule has 0 bridgehead atoms. The largest absolute Gasteiger partial charge is 0.326 e. The molecule has 6 heteroatoms. The number of hydrogen-bond donors (Lipinski definition) is 1. The van der Waals surface area contributed by atoms with Gasteiger partial charge in [0.2, 0.25) is 11.8 Å². The zero-order valence-electron chi connectivity index (χ0n) is 18.2. The van der Waals surface area contributed by atoms with Gasteiger partial charge in [0, 0.05) is 42.3 Å². The van der Waals surface area contributed by atoms with Crippen LogP contribution in [-0.2, 0) is 16.1 Å². The van der Waals surface area contributed by atoms with Crippen LogP contribution in [0.2, 0.25) is 0 Å².